The zero-order valence-corrected chi connectivity index (χ0v) is 20.5. The van der Waals surface area contributed by atoms with Crippen molar-refractivity contribution < 1.29 is 14.3 Å². The van der Waals surface area contributed by atoms with Crippen LogP contribution >= 0.6 is 11.6 Å². The van der Waals surface area contributed by atoms with Crippen molar-refractivity contribution in [2.24, 2.45) is 0 Å². The Hall–Kier alpha value is -4.35. The number of allylic oxidation sites excluding steroid dienone is 1. The van der Waals surface area contributed by atoms with E-state index in [0.29, 0.717) is 10.6 Å². The first-order valence-electron chi connectivity index (χ1n) is 11.3. The highest BCUT2D eigenvalue weighted by Crippen LogP contribution is 2.36. The normalized spacial score (nSPS) is 11.2. The Labute approximate surface area is 214 Å². The molecule has 5 nitrogen and oxygen atoms in total. The number of pyridine rings is 1. The summed E-state index contributed by atoms with van der Waals surface area (Å²) in [5, 5.41) is 5.95. The Morgan fingerprint density at radius 1 is 0.833 bits per heavy atom. The lowest BCUT2D eigenvalue weighted by molar-refractivity contribution is 0.104. The summed E-state index contributed by atoms with van der Waals surface area (Å²) in [6.07, 6.45) is 3.37. The molecule has 0 spiro atoms. The summed E-state index contributed by atoms with van der Waals surface area (Å²) in [5.74, 6) is 1.41. The molecule has 178 valence electrons. The first-order valence-corrected chi connectivity index (χ1v) is 11.7. The lowest BCUT2D eigenvalue weighted by Crippen LogP contribution is -1.99. The van der Waals surface area contributed by atoms with Crippen molar-refractivity contribution in [2.75, 3.05) is 19.5 Å². The van der Waals surface area contributed by atoms with E-state index < -0.39 is 0 Å². The van der Waals surface area contributed by atoms with Gasteiger partial charge in [0.05, 0.1) is 30.9 Å². The maximum atomic E-state index is 12.9. The Morgan fingerprint density at radius 3 is 2.39 bits per heavy atom. The van der Waals surface area contributed by atoms with Crippen molar-refractivity contribution in [3.05, 3.63) is 107 Å². The van der Waals surface area contributed by atoms with Crippen molar-refractivity contribution in [1.29, 1.82) is 0 Å². The van der Waals surface area contributed by atoms with E-state index >= 15 is 0 Å². The number of fused-ring (bicyclic) bond motifs is 2. The van der Waals surface area contributed by atoms with E-state index in [1.165, 1.54) is 0 Å². The number of aromatic nitrogens is 1. The molecule has 5 aromatic rings. The Kier molecular flexibility index (Phi) is 6.56. The third-order valence-electron chi connectivity index (χ3n) is 5.90. The number of hydrogen-bond donors (Lipinski definition) is 1. The van der Waals surface area contributed by atoms with Crippen LogP contribution in [0.1, 0.15) is 15.9 Å². The number of carbonyl (C=O) groups is 1. The van der Waals surface area contributed by atoms with Crippen LogP contribution in [0.2, 0.25) is 5.02 Å². The summed E-state index contributed by atoms with van der Waals surface area (Å²) in [5.41, 5.74) is 4.73. The van der Waals surface area contributed by atoms with Crippen LogP contribution in [0.15, 0.2) is 91.0 Å². The Bertz CT molecular complexity index is 1610. The van der Waals surface area contributed by atoms with E-state index in [-0.39, 0.29) is 5.78 Å². The fourth-order valence-corrected chi connectivity index (χ4v) is 4.20. The average Bonchev–Trinajstić information content (AvgIpc) is 2.91. The Morgan fingerprint density at radius 2 is 1.61 bits per heavy atom. The van der Waals surface area contributed by atoms with Gasteiger partial charge in [-0.2, -0.15) is 0 Å². The number of nitrogens with one attached hydrogen (secondary N) is 1. The second-order valence-corrected chi connectivity index (χ2v) is 8.64. The van der Waals surface area contributed by atoms with Gasteiger partial charge in [0.1, 0.15) is 11.5 Å². The molecule has 1 heterocycles. The molecule has 0 fully saturated rings. The van der Waals surface area contributed by atoms with Gasteiger partial charge in [0, 0.05) is 27.0 Å². The van der Waals surface area contributed by atoms with Gasteiger partial charge in [-0.15, -0.1) is 0 Å². The van der Waals surface area contributed by atoms with Crippen molar-refractivity contribution >= 4 is 56.6 Å². The maximum absolute atomic E-state index is 12.9. The molecule has 0 unspecified atom stereocenters. The minimum absolute atomic E-state index is 0.0904. The molecular formula is C30H23ClN2O3. The molecule has 0 aliphatic carbocycles. The van der Waals surface area contributed by atoms with Crippen LogP contribution in [0.4, 0.5) is 11.4 Å². The third kappa shape index (κ3) is 4.88. The fourth-order valence-electron chi connectivity index (χ4n) is 4.04. The molecule has 0 aliphatic rings. The lowest BCUT2D eigenvalue weighted by Gasteiger charge is -2.15. The van der Waals surface area contributed by atoms with Crippen LogP contribution < -0.4 is 14.8 Å². The summed E-state index contributed by atoms with van der Waals surface area (Å²) in [7, 11) is 3.26. The second kappa shape index (κ2) is 10.1. The molecule has 0 radical (unpaired) electrons. The van der Waals surface area contributed by atoms with Crippen LogP contribution in [0.3, 0.4) is 0 Å². The van der Waals surface area contributed by atoms with Crippen molar-refractivity contribution in [2.45, 2.75) is 0 Å². The van der Waals surface area contributed by atoms with E-state index in [1.807, 2.05) is 78.9 Å². The molecule has 1 N–H and O–H groups in total. The van der Waals surface area contributed by atoms with Crippen molar-refractivity contribution in [3.8, 4) is 11.5 Å². The highest BCUT2D eigenvalue weighted by atomic mass is 35.5. The molecule has 1 aromatic heterocycles. The van der Waals surface area contributed by atoms with Gasteiger partial charge in [-0.3, -0.25) is 4.79 Å². The summed E-state index contributed by atoms with van der Waals surface area (Å²) in [6, 6.07) is 26.3. The minimum Gasteiger partial charge on any atom is -0.497 e. The largest absolute Gasteiger partial charge is 0.497 e. The van der Waals surface area contributed by atoms with Gasteiger partial charge >= 0.3 is 0 Å². The molecule has 0 bridgehead atoms. The number of rotatable bonds is 7. The summed E-state index contributed by atoms with van der Waals surface area (Å²) in [4.78, 5) is 17.7. The molecule has 0 saturated carbocycles. The van der Waals surface area contributed by atoms with Gasteiger partial charge in [-0.05, 0) is 72.3 Å². The van der Waals surface area contributed by atoms with E-state index in [2.05, 4.69) is 5.32 Å². The lowest BCUT2D eigenvalue weighted by atomic mass is 10.1. The van der Waals surface area contributed by atoms with Gasteiger partial charge in [0.2, 0.25) is 0 Å². The van der Waals surface area contributed by atoms with Gasteiger partial charge < -0.3 is 14.8 Å². The summed E-state index contributed by atoms with van der Waals surface area (Å²) >= 11 is 6.24. The van der Waals surface area contributed by atoms with E-state index in [1.54, 1.807) is 32.4 Å². The third-order valence-corrected chi connectivity index (χ3v) is 6.14. The number of halogens is 1. The monoisotopic (exact) mass is 494 g/mol. The van der Waals surface area contributed by atoms with Crippen molar-refractivity contribution in [3.63, 3.8) is 0 Å². The number of hydrogen-bond acceptors (Lipinski definition) is 5. The first-order chi connectivity index (χ1) is 17.5. The quantitative estimate of drug-likeness (QED) is 0.143. The number of ketones is 1. The van der Waals surface area contributed by atoms with E-state index in [0.717, 1.165) is 50.2 Å². The minimum atomic E-state index is -0.0904. The Balaban J connectivity index is 1.50. The second-order valence-electron chi connectivity index (χ2n) is 8.21. The average molecular weight is 495 g/mol. The smallest absolute Gasteiger partial charge is 0.185 e. The first kappa shape index (κ1) is 23.4. The predicted molar refractivity (Wildman–Crippen MR) is 147 cm³/mol. The summed E-state index contributed by atoms with van der Waals surface area (Å²) < 4.78 is 10.6. The highest BCUT2D eigenvalue weighted by molar-refractivity contribution is 6.31. The van der Waals surface area contributed by atoms with E-state index in [4.69, 9.17) is 26.1 Å². The zero-order valence-electron chi connectivity index (χ0n) is 19.8. The topological polar surface area (TPSA) is 60.5 Å². The van der Waals surface area contributed by atoms with Gasteiger partial charge in [0.15, 0.2) is 5.78 Å². The van der Waals surface area contributed by atoms with Gasteiger partial charge in [-0.25, -0.2) is 4.98 Å². The molecule has 0 saturated heterocycles. The molecule has 5 rings (SSSR count). The SMILES string of the molecule is COc1ccc(/C=C/C(=O)c2cccc(Nc3c4ccc(Cl)cc4nc4ccc(OC)cc34)c2)cc1. The maximum Gasteiger partial charge on any atom is 0.185 e. The number of benzene rings is 4. The number of nitrogens with zero attached hydrogens (tertiary/aromatic N) is 1. The summed E-state index contributed by atoms with van der Waals surface area (Å²) in [6.45, 7) is 0. The highest BCUT2D eigenvalue weighted by Gasteiger charge is 2.12. The number of methoxy groups -OCH3 is 2. The van der Waals surface area contributed by atoms with Crippen LogP contribution in [-0.4, -0.2) is 25.0 Å². The van der Waals surface area contributed by atoms with Crippen LogP contribution in [0, 0.1) is 0 Å². The number of ether oxygens (including phenoxy) is 2. The molecule has 0 amide bonds. The fraction of sp³-hybridized carbons (Fsp3) is 0.0667. The van der Waals surface area contributed by atoms with Gasteiger partial charge in [-0.1, -0.05) is 41.9 Å². The van der Waals surface area contributed by atoms with E-state index in [9.17, 15) is 4.79 Å². The molecule has 6 heteroatoms. The van der Waals surface area contributed by atoms with Gasteiger partial charge in [0.25, 0.3) is 0 Å². The molecule has 36 heavy (non-hydrogen) atoms. The molecule has 4 aromatic carbocycles. The molecular weight excluding hydrogens is 472 g/mol. The van der Waals surface area contributed by atoms with Crippen LogP contribution in [-0.2, 0) is 0 Å². The van der Waals surface area contributed by atoms with Crippen molar-refractivity contribution in [1.82, 2.24) is 4.98 Å². The van der Waals surface area contributed by atoms with Crippen LogP contribution in [0.5, 0.6) is 11.5 Å². The zero-order chi connectivity index (χ0) is 25.1. The number of anilines is 2. The van der Waals surface area contributed by atoms with Crippen LogP contribution in [0.25, 0.3) is 27.9 Å². The standard InChI is InChI=1S/C30H23ClN2O3/c1-35-23-10-6-19(7-11-23)8-15-29(34)20-4-3-5-22(16-20)32-30-25-13-9-21(31)17-28(25)33-27-14-12-24(36-2)18-26(27)30/h3-18H,1-2H3,(H,32,33)/b15-8+. The molecule has 0 atom stereocenters. The molecule has 0 aliphatic heterocycles. The predicted octanol–water partition coefficient (Wildman–Crippen LogP) is 7.70. The number of carbonyl (C=O) groups excluding carboxylic acids is 1.